The van der Waals surface area contributed by atoms with Gasteiger partial charge in [-0.3, -0.25) is 0 Å². The molecule has 128 valence electrons. The summed E-state index contributed by atoms with van der Waals surface area (Å²) in [6.07, 6.45) is 1.63. The van der Waals surface area contributed by atoms with E-state index in [0.29, 0.717) is 15.6 Å². The molecule has 1 aliphatic heterocycles. The minimum atomic E-state index is -0.532. The van der Waals surface area contributed by atoms with E-state index in [9.17, 15) is 4.79 Å². The molecule has 0 bridgehead atoms. The second kappa shape index (κ2) is 6.13. The van der Waals surface area contributed by atoms with E-state index >= 15 is 0 Å². The maximum atomic E-state index is 12.2. The third-order valence-electron chi connectivity index (χ3n) is 4.33. The Morgan fingerprint density at radius 3 is 2.85 bits per heavy atom. The van der Waals surface area contributed by atoms with Gasteiger partial charge in [0.05, 0.1) is 5.02 Å². The predicted octanol–water partition coefficient (Wildman–Crippen LogP) is 4.42. The summed E-state index contributed by atoms with van der Waals surface area (Å²) in [6.45, 7) is 1.88. The van der Waals surface area contributed by atoms with Crippen molar-refractivity contribution in [3.8, 4) is 6.07 Å². The highest BCUT2D eigenvalue weighted by atomic mass is 35.5. The van der Waals surface area contributed by atoms with Gasteiger partial charge in [0.25, 0.3) is 0 Å². The van der Waals surface area contributed by atoms with Crippen LogP contribution in [0, 0.1) is 18.3 Å². The lowest BCUT2D eigenvalue weighted by Crippen LogP contribution is -2.04. The molecule has 0 amide bonds. The molecule has 0 radical (unpaired) electrons. The van der Waals surface area contributed by atoms with Crippen LogP contribution in [0.1, 0.15) is 21.8 Å². The fraction of sp³-hybridized carbons (Fsp3) is 0.105. The van der Waals surface area contributed by atoms with Gasteiger partial charge in [-0.15, -0.1) is 11.3 Å². The van der Waals surface area contributed by atoms with E-state index in [0.717, 1.165) is 21.3 Å². The first-order chi connectivity index (χ1) is 12.5. The Kier molecular flexibility index (Phi) is 3.91. The smallest absolute Gasteiger partial charge is 0.363 e. The number of esters is 1. The first-order valence-electron chi connectivity index (χ1n) is 7.76. The summed E-state index contributed by atoms with van der Waals surface area (Å²) < 4.78 is 8.11. The maximum absolute atomic E-state index is 12.2. The molecule has 26 heavy (non-hydrogen) atoms. The Morgan fingerprint density at radius 1 is 1.38 bits per heavy atom. The molecule has 2 aromatic heterocycles. The van der Waals surface area contributed by atoms with E-state index < -0.39 is 5.97 Å². The van der Waals surface area contributed by atoms with Gasteiger partial charge in [-0.2, -0.15) is 5.26 Å². The Labute approximate surface area is 158 Å². The second-order valence-electron chi connectivity index (χ2n) is 5.82. The summed E-state index contributed by atoms with van der Waals surface area (Å²) in [5.74, 6) is -0.322. The second-order valence-corrected chi connectivity index (χ2v) is 7.25. The number of carbonyl (C=O) groups excluding carboxylic acids is 1. The van der Waals surface area contributed by atoms with Crippen molar-refractivity contribution in [3.05, 3.63) is 62.9 Å². The van der Waals surface area contributed by atoms with Gasteiger partial charge in [0, 0.05) is 22.8 Å². The van der Waals surface area contributed by atoms with Crippen LogP contribution in [-0.2, 0) is 16.6 Å². The van der Waals surface area contributed by atoms with Crippen LogP contribution in [0.4, 0.5) is 0 Å². The zero-order valence-corrected chi connectivity index (χ0v) is 15.5. The van der Waals surface area contributed by atoms with Crippen LogP contribution in [0.2, 0.25) is 5.02 Å². The predicted molar refractivity (Wildman–Crippen MR) is 102 cm³/mol. The molecule has 0 atom stereocenters. The van der Waals surface area contributed by atoms with Gasteiger partial charge >= 0.3 is 5.97 Å². The number of hydrogen-bond donors (Lipinski definition) is 0. The summed E-state index contributed by atoms with van der Waals surface area (Å²) in [4.78, 5) is 17.2. The number of hydrogen-bond acceptors (Lipinski definition) is 5. The lowest BCUT2D eigenvalue weighted by Gasteiger charge is -1.97. The maximum Gasteiger partial charge on any atom is 0.363 e. The minimum Gasteiger partial charge on any atom is -0.401 e. The third kappa shape index (κ3) is 2.53. The molecule has 0 fully saturated rings. The fourth-order valence-electron chi connectivity index (χ4n) is 2.78. The van der Waals surface area contributed by atoms with Gasteiger partial charge in [0.2, 0.25) is 5.90 Å². The normalized spacial score (nSPS) is 15.4. The number of carbonyl (C=O) groups is 1. The number of halogens is 1. The number of ether oxygens (including phenoxy) is 1. The van der Waals surface area contributed by atoms with Crippen molar-refractivity contribution >= 4 is 51.0 Å². The number of fused-ring (bicyclic) bond motifs is 1. The van der Waals surface area contributed by atoms with E-state index in [4.69, 9.17) is 21.6 Å². The largest absolute Gasteiger partial charge is 0.401 e. The molecular formula is C19H12ClN3O2S. The SMILES string of the molecule is Cc1c(/C=C2/N=C(c3sc4ccccc4c3Cl)OC2=O)cc(C#N)n1C. The molecule has 5 nitrogen and oxygen atoms in total. The van der Waals surface area contributed by atoms with Crippen molar-refractivity contribution in [1.82, 2.24) is 4.57 Å². The molecule has 1 aliphatic rings. The zero-order valence-electron chi connectivity index (χ0n) is 13.9. The molecular weight excluding hydrogens is 370 g/mol. The van der Waals surface area contributed by atoms with E-state index in [-0.39, 0.29) is 11.6 Å². The van der Waals surface area contributed by atoms with Crippen LogP contribution in [-0.4, -0.2) is 16.4 Å². The first kappa shape index (κ1) is 16.6. The van der Waals surface area contributed by atoms with Crippen LogP contribution in [0.25, 0.3) is 16.2 Å². The minimum absolute atomic E-state index is 0.187. The molecule has 0 saturated heterocycles. The summed E-state index contributed by atoms with van der Waals surface area (Å²) in [5, 5.41) is 10.6. The van der Waals surface area contributed by atoms with E-state index in [1.807, 2.05) is 31.2 Å². The molecule has 0 unspecified atom stereocenters. The molecule has 0 spiro atoms. The fourth-order valence-corrected chi connectivity index (χ4v) is 4.22. The van der Waals surface area contributed by atoms with Crippen molar-refractivity contribution in [3.63, 3.8) is 0 Å². The number of rotatable bonds is 2. The highest BCUT2D eigenvalue weighted by Crippen LogP contribution is 2.37. The van der Waals surface area contributed by atoms with E-state index in [1.165, 1.54) is 11.3 Å². The molecule has 0 saturated carbocycles. The number of benzene rings is 1. The number of thiophene rings is 1. The molecule has 3 aromatic rings. The lowest BCUT2D eigenvalue weighted by atomic mass is 10.2. The molecule has 7 heteroatoms. The van der Waals surface area contributed by atoms with Crippen LogP contribution < -0.4 is 0 Å². The van der Waals surface area contributed by atoms with Crippen molar-refractivity contribution in [2.45, 2.75) is 6.92 Å². The van der Waals surface area contributed by atoms with Crippen LogP contribution in [0.5, 0.6) is 0 Å². The third-order valence-corrected chi connectivity index (χ3v) is 5.99. The molecule has 1 aromatic carbocycles. The highest BCUT2D eigenvalue weighted by molar-refractivity contribution is 7.21. The lowest BCUT2D eigenvalue weighted by molar-refractivity contribution is -0.129. The first-order valence-corrected chi connectivity index (χ1v) is 8.95. The number of aliphatic imine (C=N–C) groups is 1. The van der Waals surface area contributed by atoms with E-state index in [1.54, 1.807) is 23.8 Å². The van der Waals surface area contributed by atoms with Gasteiger partial charge < -0.3 is 9.30 Å². The van der Waals surface area contributed by atoms with Gasteiger partial charge in [0.1, 0.15) is 16.6 Å². The van der Waals surface area contributed by atoms with Crippen molar-refractivity contribution in [2.24, 2.45) is 12.0 Å². The van der Waals surface area contributed by atoms with Crippen LogP contribution in [0.3, 0.4) is 0 Å². The average molecular weight is 382 g/mol. The summed E-state index contributed by atoms with van der Waals surface area (Å²) in [7, 11) is 1.80. The summed E-state index contributed by atoms with van der Waals surface area (Å²) in [6, 6.07) is 11.5. The van der Waals surface area contributed by atoms with Gasteiger partial charge in [0.15, 0.2) is 5.70 Å². The monoisotopic (exact) mass is 381 g/mol. The molecule has 0 N–H and O–H groups in total. The van der Waals surface area contributed by atoms with Crippen molar-refractivity contribution in [2.75, 3.05) is 0 Å². The average Bonchev–Trinajstić information content (AvgIpc) is 3.26. The van der Waals surface area contributed by atoms with Crippen LogP contribution in [0.15, 0.2) is 41.0 Å². The Hall–Kier alpha value is -2.88. The standard InChI is InChI=1S/C19H12ClN3O2S/c1-10-11(7-12(9-21)23(10)2)8-14-19(24)25-18(22-14)17-16(20)13-5-3-4-6-15(13)26-17/h3-8H,1-2H3/b14-8+. The number of nitrogens with zero attached hydrogens (tertiary/aromatic N) is 3. The van der Waals surface area contributed by atoms with E-state index in [2.05, 4.69) is 11.1 Å². The van der Waals surface area contributed by atoms with Crippen molar-refractivity contribution in [1.29, 1.82) is 5.26 Å². The number of nitriles is 1. The number of cyclic esters (lactones) is 1. The van der Waals surface area contributed by atoms with Gasteiger partial charge in [-0.1, -0.05) is 29.8 Å². The van der Waals surface area contributed by atoms with Gasteiger partial charge in [-0.25, -0.2) is 9.79 Å². The van der Waals surface area contributed by atoms with Crippen LogP contribution >= 0.6 is 22.9 Å². The summed E-state index contributed by atoms with van der Waals surface area (Å²) in [5.41, 5.74) is 2.32. The zero-order chi connectivity index (χ0) is 18.4. The topological polar surface area (TPSA) is 67.4 Å². The Morgan fingerprint density at radius 2 is 2.15 bits per heavy atom. The summed E-state index contributed by atoms with van der Waals surface area (Å²) >= 11 is 7.87. The quantitative estimate of drug-likeness (QED) is 0.487. The highest BCUT2D eigenvalue weighted by Gasteiger charge is 2.28. The molecule has 0 aliphatic carbocycles. The number of aromatic nitrogens is 1. The Balaban J connectivity index is 1.78. The molecule has 4 rings (SSSR count). The Bertz CT molecular complexity index is 1180. The van der Waals surface area contributed by atoms with Gasteiger partial charge in [-0.05, 0) is 30.7 Å². The molecule has 3 heterocycles. The van der Waals surface area contributed by atoms with Crippen molar-refractivity contribution < 1.29 is 9.53 Å².